The molecular weight excluding hydrogens is 170 g/mol. The van der Waals surface area contributed by atoms with Crippen molar-refractivity contribution in [2.75, 3.05) is 33.1 Å². The van der Waals surface area contributed by atoms with Crippen molar-refractivity contribution < 1.29 is 4.74 Å². The molecule has 1 unspecified atom stereocenters. The number of hydrogen-bond acceptors (Lipinski definition) is 3. The molecule has 0 saturated heterocycles. The Morgan fingerprint density at radius 3 is 2.58 bits per heavy atom. The molecule has 0 saturated carbocycles. The molecule has 0 N–H and O–H groups in total. The average molecular weight is 191 g/mol. The Morgan fingerprint density at radius 2 is 2.08 bits per heavy atom. The minimum absolute atomic E-state index is 0.523. The van der Waals surface area contributed by atoms with Gasteiger partial charge in [-0.25, -0.2) is 0 Å². The number of methoxy groups -OCH3 is 1. The fraction of sp³-hybridized carbons (Fsp3) is 1.00. The van der Waals surface area contributed by atoms with E-state index in [0.29, 0.717) is 6.04 Å². The van der Waals surface area contributed by atoms with Gasteiger partial charge in [-0.2, -0.15) is 12.6 Å². The van der Waals surface area contributed by atoms with Crippen molar-refractivity contribution in [3.63, 3.8) is 0 Å². The number of hydrogen-bond donors (Lipinski definition) is 1. The van der Waals surface area contributed by atoms with E-state index in [9.17, 15) is 0 Å². The van der Waals surface area contributed by atoms with Crippen LogP contribution in [0.25, 0.3) is 0 Å². The maximum atomic E-state index is 5.07. The number of unbranched alkanes of at least 4 members (excludes halogenated alkanes) is 1. The maximum Gasteiger partial charge on any atom is 0.0615 e. The van der Waals surface area contributed by atoms with Crippen LogP contribution in [0.2, 0.25) is 0 Å². The zero-order valence-corrected chi connectivity index (χ0v) is 9.31. The highest BCUT2D eigenvalue weighted by Gasteiger charge is 2.06. The molecule has 0 bridgehead atoms. The van der Waals surface area contributed by atoms with Gasteiger partial charge in [0, 0.05) is 13.2 Å². The first kappa shape index (κ1) is 12.3. The van der Waals surface area contributed by atoms with Crippen molar-refractivity contribution in [2.45, 2.75) is 25.8 Å². The second-order valence-electron chi connectivity index (χ2n) is 3.22. The van der Waals surface area contributed by atoms with Gasteiger partial charge in [-0.3, -0.25) is 0 Å². The van der Waals surface area contributed by atoms with Crippen molar-refractivity contribution in [1.82, 2.24) is 4.90 Å². The quantitative estimate of drug-likeness (QED) is 0.485. The molecule has 74 valence electrons. The smallest absolute Gasteiger partial charge is 0.0615 e. The molecule has 3 heteroatoms. The van der Waals surface area contributed by atoms with Gasteiger partial charge in [0.05, 0.1) is 6.61 Å². The monoisotopic (exact) mass is 191 g/mol. The van der Waals surface area contributed by atoms with Crippen LogP contribution in [-0.4, -0.2) is 44.0 Å². The van der Waals surface area contributed by atoms with Gasteiger partial charge in [-0.05, 0) is 39.1 Å². The zero-order chi connectivity index (χ0) is 9.40. The van der Waals surface area contributed by atoms with E-state index in [1.807, 2.05) is 0 Å². The van der Waals surface area contributed by atoms with Gasteiger partial charge in [0.25, 0.3) is 0 Å². The predicted octanol–water partition coefficient (Wildman–Crippen LogP) is 1.66. The molecule has 0 spiro atoms. The van der Waals surface area contributed by atoms with Crippen molar-refractivity contribution in [2.24, 2.45) is 0 Å². The molecule has 0 aromatic rings. The molecular formula is C9H21NOS. The van der Waals surface area contributed by atoms with Gasteiger partial charge in [-0.15, -0.1) is 0 Å². The van der Waals surface area contributed by atoms with Crippen LogP contribution >= 0.6 is 12.6 Å². The molecule has 0 amide bonds. The summed E-state index contributed by atoms with van der Waals surface area (Å²) in [5.74, 6) is 0.993. The summed E-state index contributed by atoms with van der Waals surface area (Å²) in [6.45, 7) is 4.15. The molecule has 0 aliphatic rings. The van der Waals surface area contributed by atoms with Crippen LogP contribution in [0.15, 0.2) is 0 Å². The highest BCUT2D eigenvalue weighted by atomic mass is 32.1. The third kappa shape index (κ3) is 5.86. The molecule has 0 aromatic carbocycles. The largest absolute Gasteiger partial charge is 0.383 e. The Kier molecular flexibility index (Phi) is 8.07. The highest BCUT2D eigenvalue weighted by molar-refractivity contribution is 7.80. The molecule has 0 radical (unpaired) electrons. The van der Waals surface area contributed by atoms with Crippen LogP contribution in [-0.2, 0) is 4.74 Å². The van der Waals surface area contributed by atoms with Crippen LogP contribution in [0.3, 0.4) is 0 Å². The number of nitrogens with zero attached hydrogens (tertiary/aromatic N) is 1. The highest BCUT2D eigenvalue weighted by Crippen LogP contribution is 1.99. The summed E-state index contributed by atoms with van der Waals surface area (Å²) >= 11 is 4.17. The molecule has 0 fully saturated rings. The molecule has 0 heterocycles. The van der Waals surface area contributed by atoms with Crippen LogP contribution in [0.1, 0.15) is 19.8 Å². The van der Waals surface area contributed by atoms with E-state index in [-0.39, 0.29) is 0 Å². The van der Waals surface area contributed by atoms with Crippen molar-refractivity contribution in [3.8, 4) is 0 Å². The molecule has 0 aromatic heterocycles. The SMILES string of the molecule is COCC(C)N(C)CCCCS. The van der Waals surface area contributed by atoms with Gasteiger partial charge in [0.15, 0.2) is 0 Å². The summed E-state index contributed by atoms with van der Waals surface area (Å²) in [6.07, 6.45) is 2.43. The van der Waals surface area contributed by atoms with E-state index in [1.54, 1.807) is 7.11 Å². The van der Waals surface area contributed by atoms with E-state index in [1.165, 1.54) is 12.8 Å². The summed E-state index contributed by atoms with van der Waals surface area (Å²) < 4.78 is 5.07. The Bertz CT molecular complexity index is 101. The molecule has 1 atom stereocenters. The lowest BCUT2D eigenvalue weighted by atomic mass is 10.2. The zero-order valence-electron chi connectivity index (χ0n) is 8.42. The molecule has 2 nitrogen and oxygen atoms in total. The first-order chi connectivity index (χ1) is 5.72. The van der Waals surface area contributed by atoms with E-state index in [2.05, 4.69) is 31.5 Å². The lowest BCUT2D eigenvalue weighted by molar-refractivity contribution is 0.115. The van der Waals surface area contributed by atoms with Gasteiger partial charge in [0.2, 0.25) is 0 Å². The lowest BCUT2D eigenvalue weighted by Crippen LogP contribution is -2.33. The van der Waals surface area contributed by atoms with Gasteiger partial charge in [-0.1, -0.05) is 0 Å². The Balaban J connectivity index is 3.35. The topological polar surface area (TPSA) is 12.5 Å². The molecule has 0 aliphatic carbocycles. The predicted molar refractivity (Wildman–Crippen MR) is 57.1 cm³/mol. The minimum Gasteiger partial charge on any atom is -0.383 e. The summed E-state index contributed by atoms with van der Waals surface area (Å²) in [5, 5.41) is 0. The second kappa shape index (κ2) is 7.90. The van der Waals surface area contributed by atoms with E-state index < -0.39 is 0 Å². The molecule has 0 aliphatic heterocycles. The van der Waals surface area contributed by atoms with Crippen molar-refractivity contribution in [3.05, 3.63) is 0 Å². The number of thiol groups is 1. The van der Waals surface area contributed by atoms with Crippen LogP contribution in [0.5, 0.6) is 0 Å². The van der Waals surface area contributed by atoms with Crippen LogP contribution in [0.4, 0.5) is 0 Å². The minimum atomic E-state index is 0.523. The Labute approximate surface area is 81.7 Å². The Hall–Kier alpha value is 0.270. The van der Waals surface area contributed by atoms with E-state index in [4.69, 9.17) is 4.74 Å². The van der Waals surface area contributed by atoms with Gasteiger partial charge in [0.1, 0.15) is 0 Å². The second-order valence-corrected chi connectivity index (χ2v) is 3.66. The maximum absolute atomic E-state index is 5.07. The van der Waals surface area contributed by atoms with Crippen LogP contribution in [0, 0.1) is 0 Å². The first-order valence-electron chi connectivity index (χ1n) is 4.52. The standard InChI is InChI=1S/C9H21NOS/c1-9(8-11-3)10(2)6-4-5-7-12/h9,12H,4-8H2,1-3H3. The number of likely N-dealkylation sites (N-methyl/N-ethyl adjacent to an activating group) is 1. The summed E-state index contributed by atoms with van der Waals surface area (Å²) in [4.78, 5) is 2.33. The number of ether oxygens (including phenoxy) is 1. The van der Waals surface area contributed by atoms with E-state index >= 15 is 0 Å². The summed E-state index contributed by atoms with van der Waals surface area (Å²) in [5.41, 5.74) is 0. The molecule has 12 heavy (non-hydrogen) atoms. The third-order valence-corrected chi connectivity index (χ3v) is 2.40. The van der Waals surface area contributed by atoms with Crippen molar-refractivity contribution in [1.29, 1.82) is 0 Å². The van der Waals surface area contributed by atoms with Crippen LogP contribution < -0.4 is 0 Å². The van der Waals surface area contributed by atoms with E-state index in [0.717, 1.165) is 18.9 Å². The molecule has 0 rings (SSSR count). The summed E-state index contributed by atoms with van der Waals surface area (Å²) in [7, 11) is 3.89. The van der Waals surface area contributed by atoms with Crippen molar-refractivity contribution >= 4 is 12.6 Å². The average Bonchev–Trinajstić information content (AvgIpc) is 2.05. The normalized spacial score (nSPS) is 13.8. The third-order valence-electron chi connectivity index (χ3n) is 2.08. The van der Waals surface area contributed by atoms with Gasteiger partial charge < -0.3 is 9.64 Å². The summed E-state index contributed by atoms with van der Waals surface area (Å²) in [6, 6.07) is 0.523. The Morgan fingerprint density at radius 1 is 1.42 bits per heavy atom. The fourth-order valence-corrected chi connectivity index (χ4v) is 1.29. The number of rotatable bonds is 7. The first-order valence-corrected chi connectivity index (χ1v) is 5.15. The lowest BCUT2D eigenvalue weighted by Gasteiger charge is -2.23. The van der Waals surface area contributed by atoms with Gasteiger partial charge >= 0.3 is 0 Å². The fourth-order valence-electron chi connectivity index (χ4n) is 1.06.